The lowest BCUT2D eigenvalue weighted by molar-refractivity contribution is -0.131. The first kappa shape index (κ1) is 19.4. The van der Waals surface area contributed by atoms with Gasteiger partial charge in [-0.3, -0.25) is 4.79 Å². The Labute approximate surface area is 149 Å². The number of ketones is 1. The zero-order valence-corrected chi connectivity index (χ0v) is 15.2. The fourth-order valence-corrected chi connectivity index (χ4v) is 4.70. The molecule has 2 aliphatic carbocycles. The summed E-state index contributed by atoms with van der Waals surface area (Å²) in [6.45, 7) is 6.27. The predicted octanol–water partition coefficient (Wildman–Crippen LogP) is 3.55. The Morgan fingerprint density at radius 1 is 1.32 bits per heavy atom. The summed E-state index contributed by atoms with van der Waals surface area (Å²) in [5.41, 5.74) is 2.35. The fraction of sp³-hybridized carbons (Fsp3) is 0.524. The Kier molecular flexibility index (Phi) is 6.54. The molecule has 0 aromatic carbocycles. The van der Waals surface area contributed by atoms with Crippen LogP contribution < -0.4 is 0 Å². The maximum Gasteiger partial charge on any atom is 0.328 e. The normalized spacial score (nSPS) is 33.6. The van der Waals surface area contributed by atoms with Crippen LogP contribution in [-0.2, 0) is 9.59 Å². The summed E-state index contributed by atoms with van der Waals surface area (Å²) in [4.78, 5) is 22.7. The number of carbonyl (C=O) groups excluding carboxylic acids is 1. The largest absolute Gasteiger partial charge is 0.478 e. The minimum absolute atomic E-state index is 0.00704. The molecule has 2 rings (SSSR count). The van der Waals surface area contributed by atoms with Gasteiger partial charge in [0, 0.05) is 24.8 Å². The Balaban J connectivity index is 2.41. The van der Waals surface area contributed by atoms with Gasteiger partial charge in [0.1, 0.15) is 5.78 Å². The SMILES string of the molecule is CC(=CCO)[C@@H]1C(C)=C[C@@H]2CC(=O)C[C@H](C)[C@H]2[C@@H]1/C=C/C=C/C(=O)O. The molecule has 0 amide bonds. The summed E-state index contributed by atoms with van der Waals surface area (Å²) in [5, 5.41) is 18.1. The van der Waals surface area contributed by atoms with E-state index < -0.39 is 5.97 Å². The first-order valence-electron chi connectivity index (χ1n) is 8.90. The molecule has 1 saturated carbocycles. The van der Waals surface area contributed by atoms with Crippen molar-refractivity contribution >= 4 is 11.8 Å². The lowest BCUT2D eigenvalue weighted by Crippen LogP contribution is -2.41. The number of allylic oxidation sites excluding steroid dienone is 6. The van der Waals surface area contributed by atoms with Crippen molar-refractivity contribution in [2.24, 2.45) is 29.6 Å². The minimum Gasteiger partial charge on any atom is -0.478 e. The summed E-state index contributed by atoms with van der Waals surface area (Å²) in [7, 11) is 0. The van der Waals surface area contributed by atoms with Crippen molar-refractivity contribution < 1.29 is 19.8 Å². The average Bonchev–Trinajstić information content (AvgIpc) is 2.50. The van der Waals surface area contributed by atoms with E-state index in [-0.39, 0.29) is 30.3 Å². The van der Waals surface area contributed by atoms with Crippen LogP contribution in [0.3, 0.4) is 0 Å². The van der Waals surface area contributed by atoms with Crippen molar-refractivity contribution in [3.63, 3.8) is 0 Å². The highest BCUT2D eigenvalue weighted by Crippen LogP contribution is 2.49. The Bertz CT molecular complexity index is 638. The number of rotatable bonds is 5. The van der Waals surface area contributed by atoms with Crippen LogP contribution in [0.1, 0.15) is 33.6 Å². The summed E-state index contributed by atoms with van der Waals surface area (Å²) in [5.74, 6) is 0.616. The highest BCUT2D eigenvalue weighted by atomic mass is 16.4. The van der Waals surface area contributed by atoms with E-state index >= 15 is 0 Å². The number of Topliss-reactive ketones (excluding diaryl/α,β-unsaturated/α-hetero) is 1. The van der Waals surface area contributed by atoms with Gasteiger partial charge in [0.2, 0.25) is 0 Å². The number of hydrogen-bond acceptors (Lipinski definition) is 3. The molecule has 0 aromatic heterocycles. The van der Waals surface area contributed by atoms with Gasteiger partial charge in [-0.2, -0.15) is 0 Å². The van der Waals surface area contributed by atoms with E-state index in [9.17, 15) is 14.7 Å². The van der Waals surface area contributed by atoms with Crippen LogP contribution >= 0.6 is 0 Å². The van der Waals surface area contributed by atoms with Crippen molar-refractivity contribution in [3.8, 4) is 0 Å². The van der Waals surface area contributed by atoms with Crippen LogP contribution in [0.15, 0.2) is 47.6 Å². The van der Waals surface area contributed by atoms with Crippen molar-refractivity contribution in [2.45, 2.75) is 33.6 Å². The maximum absolute atomic E-state index is 12.0. The quantitative estimate of drug-likeness (QED) is 0.454. The lowest BCUT2D eigenvalue weighted by Gasteiger charge is -2.46. The van der Waals surface area contributed by atoms with Crippen molar-refractivity contribution in [3.05, 3.63) is 47.6 Å². The lowest BCUT2D eigenvalue weighted by atomic mass is 9.57. The molecule has 0 aliphatic heterocycles. The van der Waals surface area contributed by atoms with Gasteiger partial charge in [0.15, 0.2) is 0 Å². The van der Waals surface area contributed by atoms with E-state index in [1.165, 1.54) is 5.57 Å². The smallest absolute Gasteiger partial charge is 0.328 e. The van der Waals surface area contributed by atoms with E-state index in [1.54, 1.807) is 12.2 Å². The number of carboxylic acid groups (broad SMARTS) is 1. The molecule has 0 radical (unpaired) electrons. The highest BCUT2D eigenvalue weighted by molar-refractivity contribution is 5.80. The topological polar surface area (TPSA) is 74.6 Å². The molecule has 0 bridgehead atoms. The molecule has 2 N–H and O–H groups in total. The Morgan fingerprint density at radius 3 is 2.68 bits per heavy atom. The van der Waals surface area contributed by atoms with Gasteiger partial charge in [-0.05, 0) is 37.5 Å². The second-order valence-corrected chi connectivity index (χ2v) is 7.34. The van der Waals surface area contributed by atoms with E-state index in [4.69, 9.17) is 5.11 Å². The molecule has 0 saturated heterocycles. The van der Waals surface area contributed by atoms with Gasteiger partial charge >= 0.3 is 5.97 Å². The predicted molar refractivity (Wildman–Crippen MR) is 97.9 cm³/mol. The third-order valence-corrected chi connectivity index (χ3v) is 5.55. The van der Waals surface area contributed by atoms with Gasteiger partial charge in [0.05, 0.1) is 6.61 Å². The fourth-order valence-electron chi connectivity index (χ4n) is 4.70. The van der Waals surface area contributed by atoms with Gasteiger partial charge in [0.25, 0.3) is 0 Å². The number of hydrogen-bond donors (Lipinski definition) is 2. The van der Waals surface area contributed by atoms with Crippen molar-refractivity contribution in [2.75, 3.05) is 6.61 Å². The number of aliphatic hydroxyl groups is 1. The van der Waals surface area contributed by atoms with Crippen LogP contribution in [0.5, 0.6) is 0 Å². The molecule has 1 fully saturated rings. The molecular weight excluding hydrogens is 316 g/mol. The van der Waals surface area contributed by atoms with Gasteiger partial charge in [-0.15, -0.1) is 0 Å². The monoisotopic (exact) mass is 344 g/mol. The third-order valence-electron chi connectivity index (χ3n) is 5.55. The van der Waals surface area contributed by atoms with E-state index in [1.807, 2.05) is 13.0 Å². The molecule has 0 spiro atoms. The summed E-state index contributed by atoms with van der Waals surface area (Å²) < 4.78 is 0. The number of fused-ring (bicyclic) bond motifs is 1. The standard InChI is InChI=1S/C21H28O4/c1-13(8-9-22)20-14(2)10-16-12-17(23)11-15(3)21(16)18(20)6-4-5-7-19(24)25/h4-8,10,15-16,18,20-22H,9,11-12H2,1-3H3,(H,24,25)/b6-4+,7-5+,13-8?/t15-,16+,18+,20+,21+/m0/s1. The van der Waals surface area contributed by atoms with Crippen LogP contribution in [-0.4, -0.2) is 28.6 Å². The second-order valence-electron chi connectivity index (χ2n) is 7.34. The summed E-state index contributed by atoms with van der Waals surface area (Å²) >= 11 is 0. The molecule has 0 unspecified atom stereocenters. The second kappa shape index (κ2) is 8.43. The van der Waals surface area contributed by atoms with Crippen LogP contribution in [0, 0.1) is 29.6 Å². The first-order chi connectivity index (χ1) is 11.8. The molecule has 2 aliphatic rings. The Morgan fingerprint density at radius 2 is 2.04 bits per heavy atom. The average molecular weight is 344 g/mol. The first-order valence-corrected chi connectivity index (χ1v) is 8.90. The molecular formula is C21H28O4. The van der Waals surface area contributed by atoms with Gasteiger partial charge in [-0.25, -0.2) is 4.79 Å². The van der Waals surface area contributed by atoms with Crippen LogP contribution in [0.25, 0.3) is 0 Å². The Hall–Kier alpha value is -1.94. The molecule has 0 heterocycles. The number of carboxylic acids is 1. The molecule has 0 aromatic rings. The highest BCUT2D eigenvalue weighted by Gasteiger charge is 2.44. The molecule has 25 heavy (non-hydrogen) atoms. The van der Waals surface area contributed by atoms with E-state index in [0.717, 1.165) is 11.6 Å². The van der Waals surface area contributed by atoms with Crippen LogP contribution in [0.2, 0.25) is 0 Å². The molecule has 4 heteroatoms. The summed E-state index contributed by atoms with van der Waals surface area (Å²) in [6.07, 6.45) is 11.8. The van der Waals surface area contributed by atoms with E-state index in [0.29, 0.717) is 24.5 Å². The van der Waals surface area contributed by atoms with Gasteiger partial charge < -0.3 is 10.2 Å². The summed E-state index contributed by atoms with van der Waals surface area (Å²) in [6, 6.07) is 0. The maximum atomic E-state index is 12.0. The van der Waals surface area contributed by atoms with E-state index in [2.05, 4.69) is 26.0 Å². The molecule has 5 atom stereocenters. The van der Waals surface area contributed by atoms with Crippen LogP contribution in [0.4, 0.5) is 0 Å². The number of aliphatic hydroxyl groups excluding tert-OH is 1. The third kappa shape index (κ3) is 4.57. The number of carbonyl (C=O) groups is 2. The molecule has 136 valence electrons. The molecule has 4 nitrogen and oxygen atoms in total. The van der Waals surface area contributed by atoms with Gasteiger partial charge in [-0.1, -0.05) is 48.5 Å². The van der Waals surface area contributed by atoms with Crippen molar-refractivity contribution in [1.82, 2.24) is 0 Å². The minimum atomic E-state index is -0.966. The zero-order chi connectivity index (χ0) is 18.6. The van der Waals surface area contributed by atoms with Crippen molar-refractivity contribution in [1.29, 1.82) is 0 Å². The zero-order valence-electron chi connectivity index (χ0n) is 15.2. The number of aliphatic carboxylic acids is 1.